The van der Waals surface area contributed by atoms with Crippen LogP contribution in [0.25, 0.3) is 0 Å². The third-order valence-corrected chi connectivity index (χ3v) is 4.58. The van der Waals surface area contributed by atoms with Gasteiger partial charge in [0.05, 0.1) is 0 Å². The highest BCUT2D eigenvalue weighted by Gasteiger charge is 2.31. The van der Waals surface area contributed by atoms with E-state index in [-0.39, 0.29) is 24.6 Å². The molecular formula is C14H24N4O2S. The Kier molecular flexibility index (Phi) is 5.41. The molecule has 21 heavy (non-hydrogen) atoms. The van der Waals surface area contributed by atoms with Crippen molar-refractivity contribution in [3.8, 4) is 0 Å². The summed E-state index contributed by atoms with van der Waals surface area (Å²) < 4.78 is 0. The van der Waals surface area contributed by atoms with E-state index in [2.05, 4.69) is 10.3 Å². The van der Waals surface area contributed by atoms with E-state index in [0.29, 0.717) is 15.8 Å². The number of likely N-dealkylation sites (tertiary alicyclic amines) is 1. The maximum Gasteiger partial charge on any atom is 0.268 e. The van der Waals surface area contributed by atoms with E-state index in [1.54, 1.807) is 0 Å². The molecule has 2 rings (SSSR count). The molecule has 1 saturated heterocycles. The average Bonchev–Trinajstić information content (AvgIpc) is 3.01. The van der Waals surface area contributed by atoms with Crippen LogP contribution in [0.5, 0.6) is 0 Å². The third-order valence-electron chi connectivity index (χ3n) is 3.59. The molecule has 1 aromatic heterocycles. The Bertz CT molecular complexity index is 489. The van der Waals surface area contributed by atoms with Gasteiger partial charge in [-0.2, -0.15) is 0 Å². The number of anilines is 2. The zero-order valence-electron chi connectivity index (χ0n) is 12.6. The van der Waals surface area contributed by atoms with Crippen LogP contribution in [0.15, 0.2) is 0 Å². The molecule has 1 aliphatic rings. The number of amides is 1. The van der Waals surface area contributed by atoms with Gasteiger partial charge in [-0.25, -0.2) is 4.98 Å². The summed E-state index contributed by atoms with van der Waals surface area (Å²) in [6.07, 6.45) is 3.59. The Morgan fingerprint density at radius 2 is 2.38 bits per heavy atom. The number of nitrogen functional groups attached to an aromatic ring is 1. The number of carbonyl (C=O) groups is 1. The minimum absolute atomic E-state index is 0.0257. The number of hydrogen-bond acceptors (Lipinski definition) is 6. The normalized spacial score (nSPS) is 18.5. The topological polar surface area (TPSA) is 91.5 Å². The molecule has 1 atom stereocenters. The van der Waals surface area contributed by atoms with E-state index in [1.807, 2.05) is 18.7 Å². The molecule has 118 valence electrons. The predicted molar refractivity (Wildman–Crippen MR) is 85.7 cm³/mol. The van der Waals surface area contributed by atoms with Crippen molar-refractivity contribution in [1.82, 2.24) is 9.88 Å². The van der Waals surface area contributed by atoms with E-state index >= 15 is 0 Å². The number of nitrogens with zero attached hydrogens (tertiary/aromatic N) is 2. The van der Waals surface area contributed by atoms with Crippen molar-refractivity contribution in [3.05, 3.63) is 4.88 Å². The molecule has 1 aliphatic heterocycles. The van der Waals surface area contributed by atoms with Crippen molar-refractivity contribution in [2.75, 3.05) is 24.2 Å². The molecule has 1 unspecified atom stereocenters. The smallest absolute Gasteiger partial charge is 0.268 e. The van der Waals surface area contributed by atoms with Gasteiger partial charge >= 0.3 is 0 Å². The number of aliphatic hydroxyl groups is 1. The van der Waals surface area contributed by atoms with Crippen LogP contribution in [0.3, 0.4) is 0 Å². The van der Waals surface area contributed by atoms with Gasteiger partial charge in [-0.15, -0.1) is 0 Å². The molecule has 0 radical (unpaired) electrons. The Balaban J connectivity index is 2.10. The molecular weight excluding hydrogens is 288 g/mol. The maximum absolute atomic E-state index is 12.7. The van der Waals surface area contributed by atoms with Gasteiger partial charge in [0, 0.05) is 25.2 Å². The fourth-order valence-electron chi connectivity index (χ4n) is 2.65. The molecule has 0 aliphatic carbocycles. The summed E-state index contributed by atoms with van der Waals surface area (Å²) >= 11 is 1.32. The minimum Gasteiger partial charge on any atom is -0.396 e. The largest absolute Gasteiger partial charge is 0.396 e. The summed E-state index contributed by atoms with van der Waals surface area (Å²) in [5.74, 6) is 0.281. The van der Waals surface area contributed by atoms with Crippen LogP contribution >= 0.6 is 11.3 Å². The molecule has 0 bridgehead atoms. The van der Waals surface area contributed by atoms with E-state index in [1.165, 1.54) is 11.3 Å². The number of carbonyl (C=O) groups excluding carboxylic acids is 1. The van der Waals surface area contributed by atoms with Crippen LogP contribution < -0.4 is 11.1 Å². The molecule has 1 amide bonds. The minimum atomic E-state index is -0.0257. The van der Waals surface area contributed by atoms with Crippen LogP contribution in [0.2, 0.25) is 0 Å². The van der Waals surface area contributed by atoms with Gasteiger partial charge in [-0.1, -0.05) is 11.3 Å². The first kappa shape index (κ1) is 16.0. The van der Waals surface area contributed by atoms with Gasteiger partial charge in [-0.05, 0) is 39.5 Å². The molecule has 7 heteroatoms. The average molecular weight is 312 g/mol. The fraction of sp³-hybridized carbons (Fsp3) is 0.714. The first-order valence-corrected chi connectivity index (χ1v) is 8.29. The summed E-state index contributed by atoms with van der Waals surface area (Å²) in [5, 5.41) is 12.8. The molecule has 6 nitrogen and oxygen atoms in total. The van der Waals surface area contributed by atoms with Crippen LogP contribution in [-0.2, 0) is 0 Å². The van der Waals surface area contributed by atoms with E-state index in [4.69, 9.17) is 10.8 Å². The molecule has 1 aromatic rings. The Morgan fingerprint density at radius 1 is 1.62 bits per heavy atom. The SMILES string of the molecule is CC(C)Nc1nc(N)c(C(=O)N2CCCC2CCCO)s1. The molecule has 4 N–H and O–H groups in total. The number of aliphatic hydroxyl groups excluding tert-OH is 1. The van der Waals surface area contributed by atoms with Crippen LogP contribution in [0.4, 0.5) is 10.9 Å². The van der Waals surface area contributed by atoms with Crippen molar-refractivity contribution in [2.24, 2.45) is 0 Å². The van der Waals surface area contributed by atoms with Gasteiger partial charge in [0.15, 0.2) is 5.13 Å². The summed E-state index contributed by atoms with van der Waals surface area (Å²) in [7, 11) is 0. The number of rotatable bonds is 6. The molecule has 0 saturated carbocycles. The highest BCUT2D eigenvalue weighted by Crippen LogP contribution is 2.30. The van der Waals surface area contributed by atoms with Crippen molar-refractivity contribution < 1.29 is 9.90 Å². The second-order valence-corrected chi connectivity index (χ2v) is 6.69. The zero-order valence-corrected chi connectivity index (χ0v) is 13.4. The summed E-state index contributed by atoms with van der Waals surface area (Å²) in [6.45, 7) is 4.97. The predicted octanol–water partition coefficient (Wildman–Crippen LogP) is 1.92. The van der Waals surface area contributed by atoms with E-state index < -0.39 is 0 Å². The van der Waals surface area contributed by atoms with Gasteiger partial charge < -0.3 is 21.1 Å². The molecule has 2 heterocycles. The van der Waals surface area contributed by atoms with Gasteiger partial charge in [0.1, 0.15) is 10.7 Å². The van der Waals surface area contributed by atoms with Crippen molar-refractivity contribution >= 4 is 28.2 Å². The lowest BCUT2D eigenvalue weighted by atomic mass is 10.1. The highest BCUT2D eigenvalue weighted by molar-refractivity contribution is 7.18. The maximum atomic E-state index is 12.7. The molecule has 1 fully saturated rings. The lowest BCUT2D eigenvalue weighted by molar-refractivity contribution is 0.0730. The second-order valence-electron chi connectivity index (χ2n) is 5.69. The van der Waals surface area contributed by atoms with Gasteiger partial charge in [0.25, 0.3) is 5.91 Å². The standard InChI is InChI=1S/C14H24N4O2S/c1-9(2)16-14-17-12(15)11(21-14)13(20)18-7-3-5-10(18)6-4-8-19/h9-10,19H,3-8,15H2,1-2H3,(H,16,17). The zero-order chi connectivity index (χ0) is 15.4. The van der Waals surface area contributed by atoms with Crippen LogP contribution in [-0.4, -0.2) is 46.1 Å². The second kappa shape index (κ2) is 7.09. The highest BCUT2D eigenvalue weighted by atomic mass is 32.1. The van der Waals surface area contributed by atoms with E-state index in [9.17, 15) is 4.79 Å². The molecule has 0 spiro atoms. The summed E-state index contributed by atoms with van der Waals surface area (Å²) in [5.41, 5.74) is 5.90. The number of thiazole rings is 1. The Hall–Kier alpha value is -1.34. The number of nitrogens with two attached hydrogens (primary N) is 1. The first-order valence-electron chi connectivity index (χ1n) is 7.47. The first-order chi connectivity index (χ1) is 10.0. The van der Waals surface area contributed by atoms with Crippen molar-refractivity contribution in [3.63, 3.8) is 0 Å². The van der Waals surface area contributed by atoms with Gasteiger partial charge in [-0.3, -0.25) is 4.79 Å². The Morgan fingerprint density at radius 3 is 3.05 bits per heavy atom. The number of aromatic nitrogens is 1. The lowest BCUT2D eigenvalue weighted by Crippen LogP contribution is -2.35. The quantitative estimate of drug-likeness (QED) is 0.746. The monoisotopic (exact) mass is 312 g/mol. The summed E-state index contributed by atoms with van der Waals surface area (Å²) in [6, 6.07) is 0.468. The number of nitrogens with one attached hydrogen (secondary N) is 1. The van der Waals surface area contributed by atoms with Crippen LogP contribution in [0.1, 0.15) is 49.2 Å². The number of hydrogen-bond donors (Lipinski definition) is 3. The van der Waals surface area contributed by atoms with Crippen molar-refractivity contribution in [2.45, 2.75) is 51.6 Å². The van der Waals surface area contributed by atoms with Crippen molar-refractivity contribution in [1.29, 1.82) is 0 Å². The van der Waals surface area contributed by atoms with E-state index in [0.717, 1.165) is 32.2 Å². The summed E-state index contributed by atoms with van der Waals surface area (Å²) in [4.78, 5) is 19.3. The Labute approximate surface area is 129 Å². The lowest BCUT2D eigenvalue weighted by Gasteiger charge is -2.24. The van der Waals surface area contributed by atoms with Gasteiger partial charge in [0.2, 0.25) is 0 Å². The van der Waals surface area contributed by atoms with Crippen LogP contribution in [0, 0.1) is 0 Å². The molecule has 0 aromatic carbocycles. The fourth-order valence-corrected chi connectivity index (χ4v) is 3.64. The third kappa shape index (κ3) is 3.85.